The summed E-state index contributed by atoms with van der Waals surface area (Å²) in [6, 6.07) is 9.86. The van der Waals surface area contributed by atoms with Crippen LogP contribution in [0.3, 0.4) is 0 Å². The van der Waals surface area contributed by atoms with Crippen LogP contribution < -0.4 is 5.32 Å². The van der Waals surface area contributed by atoms with Gasteiger partial charge in [-0.05, 0) is 31.7 Å². The van der Waals surface area contributed by atoms with Crippen LogP contribution >= 0.6 is 0 Å². The smallest absolute Gasteiger partial charge is 0.0294 e. The molecule has 1 heteroatoms. The molecule has 2 atom stereocenters. The number of nitrogens with one attached hydrogen (secondary N) is 1. The average molecular weight is 219 g/mol. The van der Waals surface area contributed by atoms with Crippen molar-refractivity contribution in [2.45, 2.75) is 53.1 Å². The van der Waals surface area contributed by atoms with E-state index in [4.69, 9.17) is 0 Å². The average Bonchev–Trinajstić information content (AvgIpc) is 2.26. The van der Waals surface area contributed by atoms with E-state index in [1.165, 1.54) is 17.5 Å². The molecule has 0 spiro atoms. The van der Waals surface area contributed by atoms with Gasteiger partial charge in [-0.15, -0.1) is 0 Å². The fourth-order valence-electron chi connectivity index (χ4n) is 2.05. The van der Waals surface area contributed by atoms with Crippen molar-refractivity contribution in [2.75, 3.05) is 0 Å². The molecule has 90 valence electrons. The van der Waals surface area contributed by atoms with Crippen molar-refractivity contribution in [3.63, 3.8) is 0 Å². The normalized spacial score (nSPS) is 15.1. The first-order chi connectivity index (χ1) is 7.54. The lowest BCUT2D eigenvalue weighted by molar-refractivity contribution is 0.356. The SMILES string of the molecule is CCC(N[C@@H](C)c1ccc(C)cc1)C(C)C. The minimum atomic E-state index is 0.438. The first-order valence-electron chi connectivity index (χ1n) is 6.37. The molecule has 0 aliphatic carbocycles. The van der Waals surface area contributed by atoms with Gasteiger partial charge in [0.2, 0.25) is 0 Å². The summed E-state index contributed by atoms with van der Waals surface area (Å²) < 4.78 is 0. The van der Waals surface area contributed by atoms with Gasteiger partial charge in [0.05, 0.1) is 0 Å². The van der Waals surface area contributed by atoms with Crippen LogP contribution in [0.15, 0.2) is 24.3 Å². The van der Waals surface area contributed by atoms with Crippen LogP contribution in [0, 0.1) is 12.8 Å². The Labute approximate surface area is 100 Å². The van der Waals surface area contributed by atoms with Gasteiger partial charge in [0.1, 0.15) is 0 Å². The van der Waals surface area contributed by atoms with Crippen LogP contribution in [0.2, 0.25) is 0 Å². The van der Waals surface area contributed by atoms with E-state index in [1.807, 2.05) is 0 Å². The largest absolute Gasteiger partial charge is 0.307 e. The molecule has 0 aliphatic rings. The predicted molar refractivity (Wildman–Crippen MR) is 71.6 cm³/mol. The summed E-state index contributed by atoms with van der Waals surface area (Å²) >= 11 is 0. The van der Waals surface area contributed by atoms with E-state index >= 15 is 0 Å². The van der Waals surface area contributed by atoms with Crippen molar-refractivity contribution >= 4 is 0 Å². The summed E-state index contributed by atoms with van der Waals surface area (Å²) in [5, 5.41) is 3.70. The van der Waals surface area contributed by atoms with Crippen LogP contribution in [0.25, 0.3) is 0 Å². The number of benzene rings is 1. The maximum Gasteiger partial charge on any atom is 0.0294 e. The van der Waals surface area contributed by atoms with Crippen LogP contribution in [0.4, 0.5) is 0 Å². The second-order valence-electron chi connectivity index (χ2n) is 5.06. The molecule has 1 N–H and O–H groups in total. The maximum atomic E-state index is 3.70. The van der Waals surface area contributed by atoms with Crippen molar-refractivity contribution in [1.29, 1.82) is 0 Å². The predicted octanol–water partition coefficient (Wildman–Crippen LogP) is 4.08. The van der Waals surface area contributed by atoms with Gasteiger partial charge in [0.25, 0.3) is 0 Å². The summed E-state index contributed by atoms with van der Waals surface area (Å²) in [4.78, 5) is 0. The van der Waals surface area contributed by atoms with E-state index in [0.717, 1.165) is 0 Å². The Hall–Kier alpha value is -0.820. The summed E-state index contributed by atoms with van der Waals surface area (Å²) in [5.41, 5.74) is 2.71. The van der Waals surface area contributed by atoms with Crippen LogP contribution in [-0.4, -0.2) is 6.04 Å². The zero-order chi connectivity index (χ0) is 12.1. The minimum Gasteiger partial charge on any atom is -0.307 e. The number of hydrogen-bond donors (Lipinski definition) is 1. The highest BCUT2D eigenvalue weighted by Crippen LogP contribution is 2.16. The Kier molecular flexibility index (Phi) is 5.01. The molecule has 1 aromatic rings. The van der Waals surface area contributed by atoms with Crippen molar-refractivity contribution in [3.05, 3.63) is 35.4 Å². The van der Waals surface area contributed by atoms with Crippen LogP contribution in [0.5, 0.6) is 0 Å². The van der Waals surface area contributed by atoms with E-state index < -0.39 is 0 Å². The molecular formula is C15H25N. The number of aryl methyl sites for hydroxylation is 1. The van der Waals surface area contributed by atoms with Gasteiger partial charge < -0.3 is 5.32 Å². The molecule has 0 aliphatic heterocycles. The molecule has 1 aromatic carbocycles. The van der Waals surface area contributed by atoms with Crippen LogP contribution in [0.1, 0.15) is 51.3 Å². The van der Waals surface area contributed by atoms with Crippen molar-refractivity contribution in [3.8, 4) is 0 Å². The highest BCUT2D eigenvalue weighted by Gasteiger charge is 2.14. The first kappa shape index (κ1) is 13.2. The maximum absolute atomic E-state index is 3.70. The molecular weight excluding hydrogens is 194 g/mol. The second-order valence-corrected chi connectivity index (χ2v) is 5.06. The van der Waals surface area contributed by atoms with E-state index in [-0.39, 0.29) is 0 Å². The molecule has 16 heavy (non-hydrogen) atoms. The molecule has 1 nitrogen and oxygen atoms in total. The standard InChI is InChI=1S/C15H25N/c1-6-15(11(2)3)16-13(5)14-9-7-12(4)8-10-14/h7-11,13,15-16H,6H2,1-5H3/t13-,15?/m0/s1. The molecule has 0 amide bonds. The molecule has 0 radical (unpaired) electrons. The molecule has 0 fully saturated rings. The zero-order valence-electron chi connectivity index (χ0n) is 11.2. The fraction of sp³-hybridized carbons (Fsp3) is 0.600. The molecule has 0 saturated carbocycles. The Bertz CT molecular complexity index is 300. The van der Waals surface area contributed by atoms with Crippen LogP contribution in [-0.2, 0) is 0 Å². The molecule has 0 heterocycles. The third-order valence-corrected chi connectivity index (χ3v) is 3.29. The number of hydrogen-bond acceptors (Lipinski definition) is 1. The van der Waals surface area contributed by atoms with Crippen molar-refractivity contribution < 1.29 is 0 Å². The molecule has 0 bridgehead atoms. The van der Waals surface area contributed by atoms with E-state index in [9.17, 15) is 0 Å². The monoisotopic (exact) mass is 219 g/mol. The number of rotatable bonds is 5. The quantitative estimate of drug-likeness (QED) is 0.787. The van der Waals surface area contributed by atoms with Gasteiger partial charge in [0.15, 0.2) is 0 Å². The first-order valence-corrected chi connectivity index (χ1v) is 6.37. The zero-order valence-corrected chi connectivity index (χ0v) is 11.2. The molecule has 1 unspecified atom stereocenters. The highest BCUT2D eigenvalue weighted by molar-refractivity contribution is 5.23. The van der Waals surface area contributed by atoms with Gasteiger partial charge in [0, 0.05) is 12.1 Å². The van der Waals surface area contributed by atoms with Crippen molar-refractivity contribution in [1.82, 2.24) is 5.32 Å². The Morgan fingerprint density at radius 3 is 2.06 bits per heavy atom. The molecule has 0 saturated heterocycles. The van der Waals surface area contributed by atoms with Gasteiger partial charge in [-0.1, -0.05) is 50.6 Å². The Morgan fingerprint density at radius 1 is 1.06 bits per heavy atom. The van der Waals surface area contributed by atoms with Gasteiger partial charge in [-0.3, -0.25) is 0 Å². The van der Waals surface area contributed by atoms with Gasteiger partial charge in [-0.25, -0.2) is 0 Å². The topological polar surface area (TPSA) is 12.0 Å². The fourth-order valence-corrected chi connectivity index (χ4v) is 2.05. The van der Waals surface area contributed by atoms with E-state index in [0.29, 0.717) is 18.0 Å². The molecule has 0 aromatic heterocycles. The third kappa shape index (κ3) is 3.64. The molecule has 1 rings (SSSR count). The minimum absolute atomic E-state index is 0.438. The third-order valence-electron chi connectivity index (χ3n) is 3.29. The van der Waals surface area contributed by atoms with E-state index in [2.05, 4.69) is 64.2 Å². The Balaban J connectivity index is 2.64. The summed E-state index contributed by atoms with van der Waals surface area (Å²) in [6.07, 6.45) is 1.19. The summed E-state index contributed by atoms with van der Waals surface area (Å²) in [6.45, 7) is 11.2. The lowest BCUT2D eigenvalue weighted by Gasteiger charge is -2.25. The van der Waals surface area contributed by atoms with Gasteiger partial charge >= 0.3 is 0 Å². The lowest BCUT2D eigenvalue weighted by Crippen LogP contribution is -2.35. The lowest BCUT2D eigenvalue weighted by atomic mass is 9.99. The Morgan fingerprint density at radius 2 is 1.62 bits per heavy atom. The van der Waals surface area contributed by atoms with E-state index in [1.54, 1.807) is 0 Å². The van der Waals surface area contributed by atoms with Crippen molar-refractivity contribution in [2.24, 2.45) is 5.92 Å². The summed E-state index contributed by atoms with van der Waals surface area (Å²) in [7, 11) is 0. The second kappa shape index (κ2) is 6.05. The highest BCUT2D eigenvalue weighted by atomic mass is 14.9. The van der Waals surface area contributed by atoms with Gasteiger partial charge in [-0.2, -0.15) is 0 Å². The summed E-state index contributed by atoms with van der Waals surface area (Å²) in [5.74, 6) is 0.692.